The van der Waals surface area contributed by atoms with Crippen molar-refractivity contribution < 1.29 is 29.6 Å². The maximum absolute atomic E-state index is 11.6. The third-order valence-corrected chi connectivity index (χ3v) is 5.20. The van der Waals surface area contributed by atoms with E-state index in [9.17, 15) is 15.0 Å². The van der Waals surface area contributed by atoms with Crippen molar-refractivity contribution in [2.24, 2.45) is 0 Å². The van der Waals surface area contributed by atoms with Gasteiger partial charge in [-0.25, -0.2) is 4.79 Å². The first-order valence-corrected chi connectivity index (χ1v) is 11.2. The molecule has 0 saturated heterocycles. The molecule has 1 aliphatic heterocycles. The number of unbranched alkanes of at least 4 members (excludes halogenated alkanes) is 13. The first-order valence-electron chi connectivity index (χ1n) is 11.2. The number of cyclic esters (lactones) is 1. The van der Waals surface area contributed by atoms with Crippen LogP contribution in [0.25, 0.3) is 0 Å². The van der Waals surface area contributed by atoms with Gasteiger partial charge in [-0.2, -0.15) is 0 Å². The molecule has 0 amide bonds. The monoisotopic (exact) mass is 400 g/mol. The number of rotatable bonds is 18. The van der Waals surface area contributed by atoms with Gasteiger partial charge in [-0.3, -0.25) is 0 Å². The number of ether oxygens (including phenoxy) is 2. The van der Waals surface area contributed by atoms with Crippen molar-refractivity contribution in [3.8, 4) is 0 Å². The quantitative estimate of drug-likeness (QED) is 0.231. The van der Waals surface area contributed by atoms with E-state index in [4.69, 9.17) is 14.6 Å². The van der Waals surface area contributed by atoms with Gasteiger partial charge in [-0.1, -0.05) is 90.4 Å². The molecule has 0 aromatic heterocycles. The highest BCUT2D eigenvalue weighted by molar-refractivity contribution is 5.89. The third kappa shape index (κ3) is 9.78. The summed E-state index contributed by atoms with van der Waals surface area (Å²) in [6, 6.07) is 0. The minimum atomic E-state index is -1.34. The molecule has 164 valence electrons. The molecule has 0 bridgehead atoms. The molecule has 0 fully saturated rings. The van der Waals surface area contributed by atoms with Gasteiger partial charge in [-0.15, -0.1) is 0 Å². The number of carbonyl (C=O) groups is 1. The van der Waals surface area contributed by atoms with Gasteiger partial charge in [0.1, 0.15) is 6.10 Å². The molecule has 0 aromatic carbocycles. The number of carbonyl (C=O) groups excluding carboxylic acids is 1. The number of esters is 1. The molecule has 0 saturated carbocycles. The summed E-state index contributed by atoms with van der Waals surface area (Å²) < 4.78 is 10.1. The fourth-order valence-electron chi connectivity index (χ4n) is 3.42. The van der Waals surface area contributed by atoms with Gasteiger partial charge in [0.25, 0.3) is 0 Å². The minimum absolute atomic E-state index is 0.243. The SMILES string of the molecule is CCCCCCCCCCCCCCCCOC1=C(O)C(C(O)CO)OC1=O. The van der Waals surface area contributed by atoms with Crippen molar-refractivity contribution in [1.29, 1.82) is 0 Å². The molecular weight excluding hydrogens is 360 g/mol. The van der Waals surface area contributed by atoms with Crippen molar-refractivity contribution in [3.63, 3.8) is 0 Å². The fourth-order valence-corrected chi connectivity index (χ4v) is 3.42. The molecule has 28 heavy (non-hydrogen) atoms. The second-order valence-electron chi connectivity index (χ2n) is 7.73. The summed E-state index contributed by atoms with van der Waals surface area (Å²) in [5.41, 5.74) is 0. The van der Waals surface area contributed by atoms with Gasteiger partial charge in [-0.05, 0) is 6.42 Å². The fraction of sp³-hybridized carbons (Fsp3) is 0.864. The van der Waals surface area contributed by atoms with Crippen LogP contribution in [0.5, 0.6) is 0 Å². The van der Waals surface area contributed by atoms with Gasteiger partial charge >= 0.3 is 5.97 Å². The van der Waals surface area contributed by atoms with E-state index in [0.717, 1.165) is 19.3 Å². The Morgan fingerprint density at radius 1 is 0.893 bits per heavy atom. The Bertz CT molecular complexity index is 448. The lowest BCUT2D eigenvalue weighted by Crippen LogP contribution is -2.31. The van der Waals surface area contributed by atoms with Gasteiger partial charge < -0.3 is 24.8 Å². The number of hydrogen-bond donors (Lipinski definition) is 3. The molecular formula is C22H40O6. The molecule has 3 N–H and O–H groups in total. The van der Waals surface area contributed by atoms with Crippen LogP contribution < -0.4 is 0 Å². The molecule has 0 aromatic rings. The number of hydrogen-bond acceptors (Lipinski definition) is 6. The zero-order valence-electron chi connectivity index (χ0n) is 17.5. The van der Waals surface area contributed by atoms with Crippen LogP contribution in [-0.4, -0.2) is 46.7 Å². The smallest absolute Gasteiger partial charge is 0.378 e. The first kappa shape index (κ1) is 24.8. The Morgan fingerprint density at radius 2 is 1.36 bits per heavy atom. The zero-order valence-corrected chi connectivity index (χ0v) is 17.5. The van der Waals surface area contributed by atoms with E-state index < -0.39 is 30.5 Å². The van der Waals surface area contributed by atoms with Crippen molar-refractivity contribution in [1.82, 2.24) is 0 Å². The Morgan fingerprint density at radius 3 is 1.82 bits per heavy atom. The van der Waals surface area contributed by atoms with Gasteiger partial charge in [0.15, 0.2) is 11.9 Å². The minimum Gasteiger partial charge on any atom is -0.505 e. The normalized spacial score (nSPS) is 17.8. The molecule has 1 rings (SSSR count). The van der Waals surface area contributed by atoms with E-state index in [-0.39, 0.29) is 5.76 Å². The van der Waals surface area contributed by atoms with Gasteiger partial charge in [0.2, 0.25) is 5.76 Å². The maximum Gasteiger partial charge on any atom is 0.378 e. The van der Waals surface area contributed by atoms with Crippen molar-refractivity contribution in [3.05, 3.63) is 11.5 Å². The van der Waals surface area contributed by atoms with E-state index in [1.54, 1.807) is 0 Å². The molecule has 0 aliphatic carbocycles. The first-order chi connectivity index (χ1) is 13.6. The van der Waals surface area contributed by atoms with Crippen molar-refractivity contribution in [2.75, 3.05) is 13.2 Å². The summed E-state index contributed by atoms with van der Waals surface area (Å²) in [6.07, 6.45) is 15.1. The summed E-state index contributed by atoms with van der Waals surface area (Å²) in [7, 11) is 0. The predicted octanol–water partition coefficient (Wildman–Crippen LogP) is 4.53. The number of aliphatic hydroxyl groups excluding tert-OH is 3. The maximum atomic E-state index is 11.6. The van der Waals surface area contributed by atoms with Crippen molar-refractivity contribution >= 4 is 5.97 Å². The molecule has 1 heterocycles. The van der Waals surface area contributed by atoms with Crippen LogP contribution in [0.3, 0.4) is 0 Å². The average Bonchev–Trinajstić information content (AvgIpc) is 2.98. The molecule has 1 aliphatic rings. The highest BCUT2D eigenvalue weighted by Gasteiger charge is 2.40. The zero-order chi connectivity index (χ0) is 20.6. The second kappa shape index (κ2) is 15.6. The molecule has 0 radical (unpaired) electrons. The van der Waals surface area contributed by atoms with Crippen LogP contribution in [0.4, 0.5) is 0 Å². The summed E-state index contributed by atoms with van der Waals surface area (Å²) >= 11 is 0. The molecule has 6 nitrogen and oxygen atoms in total. The van der Waals surface area contributed by atoms with Crippen LogP contribution >= 0.6 is 0 Å². The van der Waals surface area contributed by atoms with Crippen LogP contribution in [0.1, 0.15) is 96.8 Å². The van der Waals surface area contributed by atoms with Crippen LogP contribution in [0.15, 0.2) is 11.5 Å². The van der Waals surface area contributed by atoms with Crippen LogP contribution in [0, 0.1) is 0 Å². The van der Waals surface area contributed by atoms with E-state index in [2.05, 4.69) is 6.92 Å². The van der Waals surface area contributed by atoms with Crippen LogP contribution in [0.2, 0.25) is 0 Å². The van der Waals surface area contributed by atoms with E-state index >= 15 is 0 Å². The largest absolute Gasteiger partial charge is 0.505 e. The summed E-state index contributed by atoms with van der Waals surface area (Å²) in [5, 5.41) is 28.3. The second-order valence-corrected chi connectivity index (χ2v) is 7.73. The standard InChI is InChI=1S/C22H40O6/c1-2-3-4-5-6-7-8-9-10-11-12-13-14-15-16-27-21-19(25)20(18(24)17-23)28-22(21)26/h18,20,23-25H,2-17H2,1H3. The Balaban J connectivity index is 1.94. The average molecular weight is 401 g/mol. The lowest BCUT2D eigenvalue weighted by molar-refractivity contribution is -0.148. The molecule has 2 unspecified atom stereocenters. The van der Waals surface area contributed by atoms with E-state index in [1.165, 1.54) is 70.6 Å². The van der Waals surface area contributed by atoms with Crippen LogP contribution in [-0.2, 0) is 14.3 Å². The molecule has 6 heteroatoms. The lowest BCUT2D eigenvalue weighted by Gasteiger charge is -2.13. The summed E-state index contributed by atoms with van der Waals surface area (Å²) in [4.78, 5) is 11.6. The Labute approximate surface area is 169 Å². The summed E-state index contributed by atoms with van der Waals surface area (Å²) in [5.74, 6) is -1.47. The predicted molar refractivity (Wildman–Crippen MR) is 109 cm³/mol. The topological polar surface area (TPSA) is 96.2 Å². The number of aliphatic hydroxyl groups is 3. The summed E-state index contributed by atoms with van der Waals surface area (Å²) in [6.45, 7) is 1.98. The Kier molecular flexibility index (Phi) is 13.8. The highest BCUT2D eigenvalue weighted by Crippen LogP contribution is 2.24. The van der Waals surface area contributed by atoms with Gasteiger partial charge in [0, 0.05) is 0 Å². The molecule has 2 atom stereocenters. The van der Waals surface area contributed by atoms with E-state index in [0.29, 0.717) is 6.61 Å². The lowest BCUT2D eigenvalue weighted by atomic mass is 10.0. The highest BCUT2D eigenvalue weighted by atomic mass is 16.6. The third-order valence-electron chi connectivity index (χ3n) is 5.20. The van der Waals surface area contributed by atoms with Crippen molar-refractivity contribution in [2.45, 2.75) is 109 Å². The Hall–Kier alpha value is -1.27. The molecule has 0 spiro atoms. The van der Waals surface area contributed by atoms with Gasteiger partial charge in [0.05, 0.1) is 13.2 Å². The van der Waals surface area contributed by atoms with E-state index in [1.807, 2.05) is 0 Å².